The van der Waals surface area contributed by atoms with Crippen LogP contribution < -0.4 is 0 Å². The van der Waals surface area contributed by atoms with Crippen LogP contribution in [-0.4, -0.2) is 11.9 Å². The molecule has 0 spiro atoms. The number of benzene rings is 2. The molecule has 0 aliphatic carbocycles. The van der Waals surface area contributed by atoms with Crippen LogP contribution in [0.25, 0.3) is 16.8 Å². The van der Waals surface area contributed by atoms with Crippen LogP contribution in [0, 0.1) is 11.3 Å². The molecule has 4 heteroatoms. The fourth-order valence-corrected chi connectivity index (χ4v) is 2.35. The van der Waals surface area contributed by atoms with E-state index in [0.717, 1.165) is 10.9 Å². The maximum Gasteiger partial charge on any atom is 0.346 e. The Morgan fingerprint density at radius 1 is 1.10 bits per heavy atom. The van der Waals surface area contributed by atoms with Crippen molar-refractivity contribution in [3.05, 3.63) is 53.1 Å². The van der Waals surface area contributed by atoms with Crippen LogP contribution in [0.4, 0.5) is 0 Å². The molecule has 2 aromatic rings. The van der Waals surface area contributed by atoms with Gasteiger partial charge in [-0.25, -0.2) is 9.59 Å². The van der Waals surface area contributed by atoms with Gasteiger partial charge in [-0.05, 0) is 23.1 Å². The summed E-state index contributed by atoms with van der Waals surface area (Å²) in [5, 5.41) is 9.98. The second kappa shape index (κ2) is 4.63. The second-order valence-corrected chi connectivity index (χ2v) is 4.37. The van der Waals surface area contributed by atoms with Crippen LogP contribution in [0.2, 0.25) is 0 Å². The number of allylic oxidation sites excluding steroid dienone is 1. The lowest BCUT2D eigenvalue weighted by atomic mass is 9.93. The lowest BCUT2D eigenvalue weighted by molar-refractivity contribution is 0.0391. The Hall–Kier alpha value is -2.93. The molecular formula is C16H9NO3. The van der Waals surface area contributed by atoms with Gasteiger partial charge in [0.2, 0.25) is 0 Å². The number of nitriles is 1. The van der Waals surface area contributed by atoms with Crippen molar-refractivity contribution in [3.63, 3.8) is 0 Å². The summed E-state index contributed by atoms with van der Waals surface area (Å²) in [6.45, 7) is 0. The molecule has 0 radical (unpaired) electrons. The number of hydrogen-bond donors (Lipinski definition) is 0. The Labute approximate surface area is 114 Å². The van der Waals surface area contributed by atoms with Gasteiger partial charge in [0.1, 0.15) is 0 Å². The number of hydrogen-bond acceptors (Lipinski definition) is 4. The molecule has 0 saturated heterocycles. The van der Waals surface area contributed by atoms with Crippen molar-refractivity contribution in [2.75, 3.05) is 0 Å². The van der Waals surface area contributed by atoms with Crippen LogP contribution in [0.1, 0.15) is 32.7 Å². The molecule has 20 heavy (non-hydrogen) atoms. The molecule has 1 aliphatic heterocycles. The Kier molecular flexibility index (Phi) is 2.81. The van der Waals surface area contributed by atoms with Gasteiger partial charge in [0.25, 0.3) is 0 Å². The van der Waals surface area contributed by atoms with Gasteiger partial charge < -0.3 is 4.74 Å². The highest BCUT2D eigenvalue weighted by Crippen LogP contribution is 2.31. The molecule has 0 atom stereocenters. The van der Waals surface area contributed by atoms with E-state index in [0.29, 0.717) is 22.9 Å². The van der Waals surface area contributed by atoms with Gasteiger partial charge >= 0.3 is 11.9 Å². The first-order valence-corrected chi connectivity index (χ1v) is 6.08. The maximum atomic E-state index is 11.7. The first kappa shape index (κ1) is 12.1. The molecule has 0 unspecified atom stereocenters. The normalized spacial score (nSPS) is 13.6. The number of rotatable bonds is 2. The van der Waals surface area contributed by atoms with Gasteiger partial charge in [0, 0.05) is 5.39 Å². The Balaban J connectivity index is 2.30. The number of cyclic esters (lactones) is 2. The van der Waals surface area contributed by atoms with Crippen molar-refractivity contribution in [1.82, 2.24) is 0 Å². The second-order valence-electron chi connectivity index (χ2n) is 4.37. The fourth-order valence-electron chi connectivity index (χ4n) is 2.35. The molecule has 0 saturated carbocycles. The standard InChI is InChI=1S/C16H9NO3/c17-9-2-1-4-10-7-8-13-14-11(10)5-3-6-12(14)15(18)20-16(13)19/h1,3-8H,2H2. The third-order valence-corrected chi connectivity index (χ3v) is 3.21. The van der Waals surface area contributed by atoms with E-state index in [2.05, 4.69) is 0 Å². The van der Waals surface area contributed by atoms with Crippen molar-refractivity contribution in [3.8, 4) is 6.07 Å². The van der Waals surface area contributed by atoms with Gasteiger partial charge in [-0.15, -0.1) is 0 Å². The third-order valence-electron chi connectivity index (χ3n) is 3.21. The number of carbonyl (C=O) groups is 2. The largest absolute Gasteiger partial charge is 0.386 e. The van der Waals surface area contributed by atoms with E-state index in [1.807, 2.05) is 18.2 Å². The maximum absolute atomic E-state index is 11.7. The van der Waals surface area contributed by atoms with Crippen LogP contribution >= 0.6 is 0 Å². The highest BCUT2D eigenvalue weighted by molar-refractivity contribution is 6.21. The predicted molar refractivity (Wildman–Crippen MR) is 73.0 cm³/mol. The van der Waals surface area contributed by atoms with Crippen LogP contribution in [0.5, 0.6) is 0 Å². The van der Waals surface area contributed by atoms with E-state index in [1.165, 1.54) is 0 Å². The molecule has 1 aliphatic rings. The van der Waals surface area contributed by atoms with Gasteiger partial charge in [0.05, 0.1) is 23.6 Å². The summed E-state index contributed by atoms with van der Waals surface area (Å²) in [4.78, 5) is 23.5. The first-order chi connectivity index (χ1) is 9.72. The zero-order valence-electron chi connectivity index (χ0n) is 10.4. The molecule has 3 rings (SSSR count). The molecular weight excluding hydrogens is 254 g/mol. The Bertz CT molecular complexity index is 792. The third kappa shape index (κ3) is 1.77. The minimum absolute atomic E-state index is 0.309. The molecule has 0 bridgehead atoms. The summed E-state index contributed by atoms with van der Waals surface area (Å²) in [5.41, 5.74) is 1.66. The minimum Gasteiger partial charge on any atom is -0.386 e. The SMILES string of the molecule is N#CCC=Cc1ccc2c3c(cccc13)C(=O)OC2=O. The topological polar surface area (TPSA) is 67.2 Å². The number of esters is 2. The fraction of sp³-hybridized carbons (Fsp3) is 0.0625. The van der Waals surface area contributed by atoms with Crippen LogP contribution in [0.15, 0.2) is 36.4 Å². The summed E-state index contributed by atoms with van der Waals surface area (Å²) in [6, 6.07) is 10.7. The van der Waals surface area contributed by atoms with Gasteiger partial charge in [-0.2, -0.15) is 5.26 Å². The molecule has 2 aromatic carbocycles. The van der Waals surface area contributed by atoms with Crippen molar-refractivity contribution in [2.45, 2.75) is 6.42 Å². The highest BCUT2D eigenvalue weighted by Gasteiger charge is 2.27. The van der Waals surface area contributed by atoms with E-state index in [1.54, 1.807) is 30.3 Å². The smallest absolute Gasteiger partial charge is 0.346 e. The molecule has 96 valence electrons. The van der Waals surface area contributed by atoms with E-state index in [9.17, 15) is 9.59 Å². The number of carbonyl (C=O) groups excluding carboxylic acids is 2. The molecule has 0 amide bonds. The molecule has 0 fully saturated rings. The van der Waals surface area contributed by atoms with Crippen LogP contribution in [0.3, 0.4) is 0 Å². The Morgan fingerprint density at radius 2 is 1.85 bits per heavy atom. The van der Waals surface area contributed by atoms with Gasteiger partial charge in [0.15, 0.2) is 0 Å². The molecule has 0 N–H and O–H groups in total. The van der Waals surface area contributed by atoms with Crippen molar-refractivity contribution >= 4 is 28.8 Å². The first-order valence-electron chi connectivity index (χ1n) is 6.08. The summed E-state index contributed by atoms with van der Waals surface area (Å²) >= 11 is 0. The summed E-state index contributed by atoms with van der Waals surface area (Å²) in [6.07, 6.45) is 3.87. The average molecular weight is 263 g/mol. The molecule has 1 heterocycles. The van der Waals surface area contributed by atoms with Crippen molar-refractivity contribution in [1.29, 1.82) is 5.26 Å². The lowest BCUT2D eigenvalue weighted by Crippen LogP contribution is -2.19. The lowest BCUT2D eigenvalue weighted by Gasteiger charge is -2.16. The Morgan fingerprint density at radius 3 is 2.60 bits per heavy atom. The number of ether oxygens (including phenoxy) is 1. The van der Waals surface area contributed by atoms with Crippen molar-refractivity contribution < 1.29 is 14.3 Å². The van der Waals surface area contributed by atoms with Crippen LogP contribution in [-0.2, 0) is 4.74 Å². The van der Waals surface area contributed by atoms with E-state index < -0.39 is 11.9 Å². The van der Waals surface area contributed by atoms with E-state index >= 15 is 0 Å². The van der Waals surface area contributed by atoms with Gasteiger partial charge in [-0.3, -0.25) is 0 Å². The summed E-state index contributed by atoms with van der Waals surface area (Å²) in [7, 11) is 0. The van der Waals surface area contributed by atoms with Crippen molar-refractivity contribution in [2.24, 2.45) is 0 Å². The molecule has 0 aromatic heterocycles. The monoisotopic (exact) mass is 263 g/mol. The average Bonchev–Trinajstić information content (AvgIpc) is 2.45. The van der Waals surface area contributed by atoms with Gasteiger partial charge in [-0.1, -0.05) is 30.4 Å². The predicted octanol–water partition coefficient (Wildman–Crippen LogP) is 3.08. The zero-order chi connectivity index (χ0) is 14.1. The quantitative estimate of drug-likeness (QED) is 0.616. The molecule has 4 nitrogen and oxygen atoms in total. The summed E-state index contributed by atoms with van der Waals surface area (Å²) in [5.74, 6) is -1.24. The zero-order valence-corrected chi connectivity index (χ0v) is 10.4. The summed E-state index contributed by atoms with van der Waals surface area (Å²) < 4.78 is 4.70. The van der Waals surface area contributed by atoms with E-state index in [-0.39, 0.29) is 0 Å². The minimum atomic E-state index is -0.619. The van der Waals surface area contributed by atoms with E-state index in [4.69, 9.17) is 10.00 Å². The highest BCUT2D eigenvalue weighted by atomic mass is 16.6. The number of nitrogens with zero attached hydrogens (tertiary/aromatic N) is 1.